The van der Waals surface area contributed by atoms with Crippen molar-refractivity contribution in [2.24, 2.45) is 0 Å². The number of amides is 1. The Bertz CT molecular complexity index is 996. The van der Waals surface area contributed by atoms with Crippen LogP contribution in [0.4, 0.5) is 17.6 Å². The van der Waals surface area contributed by atoms with E-state index < -0.39 is 23.5 Å². The van der Waals surface area contributed by atoms with E-state index in [1.54, 1.807) is 7.11 Å². The van der Waals surface area contributed by atoms with Gasteiger partial charge in [-0.3, -0.25) is 9.78 Å². The monoisotopic (exact) mass is 464 g/mol. The van der Waals surface area contributed by atoms with E-state index in [0.29, 0.717) is 5.69 Å². The van der Waals surface area contributed by atoms with Crippen LogP contribution in [0, 0.1) is 11.6 Å². The van der Waals surface area contributed by atoms with Crippen molar-refractivity contribution in [2.75, 3.05) is 7.11 Å². The number of nitrogens with one attached hydrogen (secondary N) is 1. The number of pyridine rings is 1. The molecule has 0 bridgehead atoms. The maximum Gasteiger partial charge on any atom is 0.253 e. The first kappa shape index (κ1) is 23.7. The summed E-state index contributed by atoms with van der Waals surface area (Å²) in [7, 11) is 1.67. The molecule has 1 N–H and O–H groups in total. The first-order valence-corrected chi connectivity index (χ1v) is 11.4. The van der Waals surface area contributed by atoms with Crippen LogP contribution in [-0.4, -0.2) is 36.1 Å². The van der Waals surface area contributed by atoms with E-state index >= 15 is 0 Å². The highest BCUT2D eigenvalue weighted by atomic mass is 19.3. The Morgan fingerprint density at radius 2 is 1.73 bits per heavy atom. The fourth-order valence-electron chi connectivity index (χ4n) is 4.97. The number of hydrogen-bond acceptors (Lipinski definition) is 3. The van der Waals surface area contributed by atoms with Crippen LogP contribution in [0.1, 0.15) is 73.3 Å². The number of alkyl halides is 2. The van der Waals surface area contributed by atoms with Gasteiger partial charge in [0, 0.05) is 49.2 Å². The van der Waals surface area contributed by atoms with Crippen molar-refractivity contribution in [3.63, 3.8) is 0 Å². The van der Waals surface area contributed by atoms with Gasteiger partial charge in [0.05, 0.1) is 17.4 Å². The van der Waals surface area contributed by atoms with E-state index in [9.17, 15) is 22.4 Å². The molecule has 1 aromatic heterocycles. The number of nitrogens with zero attached hydrogens (tertiary/aromatic N) is 1. The average Bonchev–Trinajstić information content (AvgIpc) is 2.80. The number of carbonyl (C=O) groups is 1. The summed E-state index contributed by atoms with van der Waals surface area (Å²) >= 11 is 0. The Balaban J connectivity index is 1.70. The van der Waals surface area contributed by atoms with Crippen LogP contribution in [0.25, 0.3) is 11.1 Å². The van der Waals surface area contributed by atoms with Crippen LogP contribution >= 0.6 is 0 Å². The molecule has 2 aliphatic rings. The first-order chi connectivity index (χ1) is 15.8. The van der Waals surface area contributed by atoms with Gasteiger partial charge in [0.25, 0.3) is 5.91 Å². The highest BCUT2D eigenvalue weighted by Crippen LogP contribution is 2.42. The molecule has 2 saturated carbocycles. The largest absolute Gasteiger partial charge is 0.381 e. The van der Waals surface area contributed by atoms with Crippen molar-refractivity contribution in [3.8, 4) is 11.1 Å². The van der Waals surface area contributed by atoms with E-state index in [1.807, 2.05) is 0 Å². The van der Waals surface area contributed by atoms with Crippen LogP contribution in [-0.2, 0) is 4.74 Å². The predicted octanol–water partition coefficient (Wildman–Crippen LogP) is 6.01. The SMILES string of the molecule is COC1CCC(NC(=O)c2c(-c3cc(F)ccc3F)ccnc2C2CCC(F)(F)CC2)CC1. The topological polar surface area (TPSA) is 51.2 Å². The van der Waals surface area contributed by atoms with E-state index in [4.69, 9.17) is 4.74 Å². The van der Waals surface area contributed by atoms with Crippen LogP contribution < -0.4 is 5.32 Å². The molecule has 0 atom stereocenters. The summed E-state index contributed by atoms with van der Waals surface area (Å²) < 4.78 is 61.6. The molecule has 1 aromatic carbocycles. The minimum absolute atomic E-state index is 0.0481. The van der Waals surface area contributed by atoms with Crippen LogP contribution in [0.15, 0.2) is 30.5 Å². The Kier molecular flexibility index (Phi) is 7.02. The average molecular weight is 465 g/mol. The Morgan fingerprint density at radius 1 is 1.03 bits per heavy atom. The molecule has 0 unspecified atom stereocenters. The van der Waals surface area contributed by atoms with E-state index in [-0.39, 0.29) is 60.4 Å². The molecule has 2 aromatic rings. The summed E-state index contributed by atoms with van der Waals surface area (Å²) in [6.45, 7) is 0. The van der Waals surface area contributed by atoms with Gasteiger partial charge >= 0.3 is 0 Å². The number of hydrogen-bond donors (Lipinski definition) is 1. The van der Waals surface area contributed by atoms with Crippen molar-refractivity contribution in [1.82, 2.24) is 10.3 Å². The van der Waals surface area contributed by atoms with Gasteiger partial charge in [-0.2, -0.15) is 0 Å². The quantitative estimate of drug-likeness (QED) is 0.552. The third kappa shape index (κ3) is 5.37. The Morgan fingerprint density at radius 3 is 2.39 bits per heavy atom. The van der Waals surface area contributed by atoms with E-state index in [2.05, 4.69) is 10.3 Å². The van der Waals surface area contributed by atoms with Gasteiger partial charge in [-0.25, -0.2) is 17.6 Å². The number of benzene rings is 1. The lowest BCUT2D eigenvalue weighted by Crippen LogP contribution is -2.40. The second kappa shape index (κ2) is 9.79. The number of ether oxygens (including phenoxy) is 1. The molecule has 0 aliphatic heterocycles. The summed E-state index contributed by atoms with van der Waals surface area (Å²) in [5, 5.41) is 3.02. The molecule has 0 saturated heterocycles. The minimum Gasteiger partial charge on any atom is -0.381 e. The number of rotatable bonds is 5. The molecule has 8 heteroatoms. The number of carbonyl (C=O) groups excluding carboxylic acids is 1. The molecule has 0 radical (unpaired) electrons. The fraction of sp³-hybridized carbons (Fsp3) is 0.520. The second-order valence-corrected chi connectivity index (χ2v) is 9.06. The molecule has 4 nitrogen and oxygen atoms in total. The molecule has 4 rings (SSSR count). The van der Waals surface area contributed by atoms with Gasteiger partial charge in [0.15, 0.2) is 0 Å². The van der Waals surface area contributed by atoms with Crippen LogP contribution in [0.2, 0.25) is 0 Å². The van der Waals surface area contributed by atoms with Crippen molar-refractivity contribution in [3.05, 3.63) is 53.4 Å². The summed E-state index contributed by atoms with van der Waals surface area (Å²) in [4.78, 5) is 17.9. The van der Waals surface area contributed by atoms with Gasteiger partial charge in [-0.05, 0) is 62.8 Å². The smallest absolute Gasteiger partial charge is 0.253 e. The summed E-state index contributed by atoms with van der Waals surface area (Å²) in [5.74, 6) is -4.82. The van der Waals surface area contributed by atoms with Crippen molar-refractivity contribution >= 4 is 5.91 Å². The normalized spacial score (nSPS) is 23.3. The molecule has 0 spiro atoms. The van der Waals surface area contributed by atoms with Gasteiger partial charge in [-0.15, -0.1) is 0 Å². The standard InChI is InChI=1S/C25H28F4N2O2/c1-33-18-5-3-17(4-6-18)31-24(32)22-19(20-14-16(26)2-7-21(20)27)10-13-30-23(22)15-8-11-25(28,29)12-9-15/h2,7,10,13-15,17-18H,3-6,8-9,11-12H2,1H3,(H,31,32). The molecule has 1 heterocycles. The summed E-state index contributed by atoms with van der Waals surface area (Å²) in [5.41, 5.74) is 0.686. The highest BCUT2D eigenvalue weighted by molar-refractivity contribution is 6.02. The van der Waals surface area contributed by atoms with E-state index in [0.717, 1.165) is 43.9 Å². The van der Waals surface area contributed by atoms with Crippen LogP contribution in [0.3, 0.4) is 0 Å². The molecule has 2 aliphatic carbocycles. The molecular formula is C25H28F4N2O2. The van der Waals surface area contributed by atoms with Crippen molar-refractivity contribution in [2.45, 2.75) is 75.4 Å². The summed E-state index contributed by atoms with van der Waals surface area (Å²) in [6.07, 6.45) is 4.45. The van der Waals surface area contributed by atoms with Gasteiger partial charge < -0.3 is 10.1 Å². The minimum atomic E-state index is -2.73. The molecule has 178 valence electrons. The van der Waals surface area contributed by atoms with Crippen LogP contribution in [0.5, 0.6) is 0 Å². The molecular weight excluding hydrogens is 436 g/mol. The van der Waals surface area contributed by atoms with Gasteiger partial charge in [0.1, 0.15) is 11.6 Å². The zero-order valence-electron chi connectivity index (χ0n) is 18.6. The molecule has 1 amide bonds. The Labute approximate surface area is 190 Å². The van der Waals surface area contributed by atoms with Crippen molar-refractivity contribution < 1.29 is 27.1 Å². The number of halogens is 4. The first-order valence-electron chi connectivity index (χ1n) is 11.4. The predicted molar refractivity (Wildman–Crippen MR) is 116 cm³/mol. The zero-order valence-corrected chi connectivity index (χ0v) is 18.6. The third-order valence-electron chi connectivity index (χ3n) is 6.87. The number of methoxy groups -OCH3 is 1. The number of aromatic nitrogens is 1. The molecule has 2 fully saturated rings. The zero-order chi connectivity index (χ0) is 23.6. The van der Waals surface area contributed by atoms with E-state index in [1.165, 1.54) is 12.3 Å². The second-order valence-electron chi connectivity index (χ2n) is 9.06. The Hall–Kier alpha value is -2.48. The molecule has 33 heavy (non-hydrogen) atoms. The highest BCUT2D eigenvalue weighted by Gasteiger charge is 2.38. The summed E-state index contributed by atoms with van der Waals surface area (Å²) in [6, 6.07) is 4.47. The van der Waals surface area contributed by atoms with Gasteiger partial charge in [-0.1, -0.05) is 0 Å². The lowest BCUT2D eigenvalue weighted by molar-refractivity contribution is -0.0385. The third-order valence-corrected chi connectivity index (χ3v) is 6.87. The maximum absolute atomic E-state index is 14.7. The maximum atomic E-state index is 14.7. The lowest BCUT2D eigenvalue weighted by atomic mass is 9.81. The van der Waals surface area contributed by atoms with Gasteiger partial charge in [0.2, 0.25) is 5.92 Å². The lowest BCUT2D eigenvalue weighted by Gasteiger charge is -2.31. The van der Waals surface area contributed by atoms with Crippen molar-refractivity contribution in [1.29, 1.82) is 0 Å². The fourth-order valence-corrected chi connectivity index (χ4v) is 4.97.